The maximum atomic E-state index is 13.0. The van der Waals surface area contributed by atoms with Crippen LogP contribution < -0.4 is 15.5 Å². The van der Waals surface area contributed by atoms with Crippen molar-refractivity contribution in [1.82, 2.24) is 14.9 Å². The van der Waals surface area contributed by atoms with Crippen molar-refractivity contribution in [1.29, 1.82) is 5.26 Å². The van der Waals surface area contributed by atoms with Gasteiger partial charge in [-0.05, 0) is 78.6 Å². The van der Waals surface area contributed by atoms with E-state index >= 15 is 0 Å². The first kappa shape index (κ1) is 39.7. The number of amides is 1. The fourth-order valence-corrected chi connectivity index (χ4v) is 5.20. The van der Waals surface area contributed by atoms with Crippen LogP contribution in [-0.2, 0) is 22.4 Å². The lowest BCUT2D eigenvalue weighted by Crippen LogP contribution is -2.49. The summed E-state index contributed by atoms with van der Waals surface area (Å²) in [4.78, 5) is 44.0. The number of benzene rings is 3. The van der Waals surface area contributed by atoms with Crippen molar-refractivity contribution in [2.75, 3.05) is 41.7 Å². The van der Waals surface area contributed by atoms with Gasteiger partial charge in [-0.1, -0.05) is 23.7 Å². The number of carboxylic acid groups (broad SMARTS) is 2. The Morgan fingerprint density at radius 3 is 2.00 bits per heavy atom. The van der Waals surface area contributed by atoms with Gasteiger partial charge in [0.05, 0.1) is 17.8 Å². The predicted molar refractivity (Wildman–Crippen MR) is 181 cm³/mol. The van der Waals surface area contributed by atoms with Gasteiger partial charge in [-0.25, -0.2) is 14.6 Å². The number of aromatic nitrogens is 2. The summed E-state index contributed by atoms with van der Waals surface area (Å²) in [6.07, 6.45) is -6.84. The van der Waals surface area contributed by atoms with E-state index in [1.165, 1.54) is 16.8 Å². The molecule has 0 atom stereocenters. The summed E-state index contributed by atoms with van der Waals surface area (Å²) in [6, 6.07) is 23.6. The number of hydrogen-bond donors (Lipinski definition) is 4. The maximum absolute atomic E-state index is 13.0. The molecule has 1 saturated heterocycles. The molecule has 0 radical (unpaired) electrons. The Morgan fingerprint density at radius 1 is 0.811 bits per heavy atom. The number of carbonyl (C=O) groups is 3. The summed E-state index contributed by atoms with van der Waals surface area (Å²) < 4.78 is 63.5. The molecule has 2 aliphatic rings. The number of alkyl halides is 6. The fourth-order valence-electron chi connectivity index (χ4n) is 5.06. The van der Waals surface area contributed by atoms with Crippen molar-refractivity contribution in [3.63, 3.8) is 0 Å². The Hall–Kier alpha value is -6.09. The number of rotatable bonds is 2. The van der Waals surface area contributed by atoms with Crippen LogP contribution in [0.4, 0.5) is 55.2 Å². The standard InChI is InChI=1S/C30H26ClN7O.2C2HF3O2/c31-26-19-33-30-35-24-3-1-2-20(16-24)4-9-23-17-25(34-28(26)36-30)10-11-27(23)37-12-14-38(15-13-37)29(39)22-7-5-21(18-32)6-8-22;2*3-2(4,5)1(6)7/h1-3,5-8,10-11,16-17,19H,4,9,12-15H2,(H2,33,34,35,36);2*(H,6,7). The zero-order valence-corrected chi connectivity index (χ0v) is 27.9. The van der Waals surface area contributed by atoms with Gasteiger partial charge in [0.15, 0.2) is 5.82 Å². The third-order valence-corrected chi connectivity index (χ3v) is 7.88. The van der Waals surface area contributed by atoms with Crippen molar-refractivity contribution < 1.29 is 50.9 Å². The van der Waals surface area contributed by atoms with Crippen LogP contribution in [0, 0.1) is 11.3 Å². The summed E-state index contributed by atoms with van der Waals surface area (Å²) in [7, 11) is 0. The summed E-state index contributed by atoms with van der Waals surface area (Å²) in [5.41, 5.74) is 6.60. The van der Waals surface area contributed by atoms with Crippen molar-refractivity contribution in [2.45, 2.75) is 25.2 Å². The molecule has 0 spiro atoms. The van der Waals surface area contributed by atoms with Crippen LogP contribution in [0.15, 0.2) is 72.9 Å². The second-order valence-electron chi connectivity index (χ2n) is 11.3. The van der Waals surface area contributed by atoms with Gasteiger partial charge in [0.2, 0.25) is 5.95 Å². The summed E-state index contributed by atoms with van der Waals surface area (Å²) in [6.45, 7) is 2.74. The van der Waals surface area contributed by atoms with Crippen LogP contribution in [0.1, 0.15) is 27.0 Å². The molecule has 4 aromatic rings. The number of piperazine rings is 1. The van der Waals surface area contributed by atoms with Gasteiger partial charge in [-0.2, -0.15) is 36.6 Å². The molecule has 1 amide bonds. The van der Waals surface area contributed by atoms with Crippen LogP contribution in [0.3, 0.4) is 0 Å². The largest absolute Gasteiger partial charge is 0.490 e. The molecule has 0 saturated carbocycles. The van der Waals surface area contributed by atoms with E-state index in [4.69, 9.17) is 36.7 Å². The molecule has 1 aromatic heterocycles. The van der Waals surface area contributed by atoms with Crippen LogP contribution in [0.5, 0.6) is 0 Å². The van der Waals surface area contributed by atoms with E-state index in [1.807, 2.05) is 23.1 Å². The van der Waals surface area contributed by atoms with Gasteiger partial charge < -0.3 is 30.6 Å². The number of nitrogens with one attached hydrogen (secondary N) is 2. The lowest BCUT2D eigenvalue weighted by Gasteiger charge is -2.37. The molecule has 0 aliphatic carbocycles. The Balaban J connectivity index is 0.000000381. The highest BCUT2D eigenvalue weighted by molar-refractivity contribution is 6.32. The summed E-state index contributed by atoms with van der Waals surface area (Å²) >= 11 is 6.41. The Bertz CT molecular complexity index is 1970. The van der Waals surface area contributed by atoms with Crippen LogP contribution in [-0.4, -0.2) is 81.5 Å². The van der Waals surface area contributed by atoms with E-state index in [0.717, 1.165) is 37.3 Å². The number of carboxylic acids is 2. The Labute approximate surface area is 302 Å². The van der Waals surface area contributed by atoms with Crippen LogP contribution >= 0.6 is 11.6 Å². The fraction of sp³-hybridized carbons (Fsp3) is 0.235. The highest BCUT2D eigenvalue weighted by Gasteiger charge is 2.39. The number of aryl methyl sites for hydroxylation is 2. The third kappa shape index (κ3) is 11.2. The molecular formula is C34H28ClF6N7O5. The Morgan fingerprint density at radius 2 is 1.42 bits per heavy atom. The first-order chi connectivity index (χ1) is 24.9. The SMILES string of the molecule is N#Cc1ccc(C(=O)N2CCN(c3ccc4cc3CCc3cccc(c3)Nc3ncc(Cl)c(n3)N4)CC2)cc1.O=C(O)C(F)(F)F.O=C(O)C(F)(F)F. The molecule has 4 N–H and O–H groups in total. The second-order valence-corrected chi connectivity index (χ2v) is 11.7. The van der Waals surface area contributed by atoms with Crippen LogP contribution in [0.25, 0.3) is 0 Å². The minimum absolute atomic E-state index is 0.000905. The molecule has 1 fully saturated rings. The summed E-state index contributed by atoms with van der Waals surface area (Å²) in [5.74, 6) is -4.50. The monoisotopic (exact) mass is 763 g/mol. The summed E-state index contributed by atoms with van der Waals surface area (Å²) in [5, 5.41) is 30.4. The molecule has 19 heteroatoms. The number of nitriles is 1. The van der Waals surface area contributed by atoms with E-state index in [9.17, 15) is 31.1 Å². The van der Waals surface area contributed by atoms with Gasteiger partial charge in [0, 0.05) is 48.8 Å². The maximum Gasteiger partial charge on any atom is 0.490 e. The second kappa shape index (κ2) is 17.0. The first-order valence-electron chi connectivity index (χ1n) is 15.4. The highest BCUT2D eigenvalue weighted by Crippen LogP contribution is 2.31. The number of hydrogen-bond acceptors (Lipinski definition) is 9. The smallest absolute Gasteiger partial charge is 0.475 e. The van der Waals surface area contributed by atoms with Crippen molar-refractivity contribution in [2.24, 2.45) is 0 Å². The molecule has 3 heterocycles. The topological polar surface area (TPSA) is 172 Å². The third-order valence-electron chi connectivity index (χ3n) is 7.61. The first-order valence-corrected chi connectivity index (χ1v) is 15.8. The molecular weight excluding hydrogens is 736 g/mol. The predicted octanol–water partition coefficient (Wildman–Crippen LogP) is 6.82. The quantitative estimate of drug-likeness (QED) is 0.158. The molecule has 6 rings (SSSR count). The van der Waals surface area contributed by atoms with Gasteiger partial charge in [0.25, 0.3) is 5.91 Å². The number of halogens is 7. The molecule has 6 bridgehead atoms. The number of carbonyl (C=O) groups excluding carboxylic acids is 1. The Kier molecular flexibility index (Phi) is 12.7. The number of aliphatic carboxylic acids is 2. The molecule has 12 nitrogen and oxygen atoms in total. The van der Waals surface area contributed by atoms with Crippen molar-refractivity contribution in [3.05, 3.63) is 100 Å². The molecule has 2 aliphatic heterocycles. The molecule has 278 valence electrons. The average molecular weight is 764 g/mol. The lowest BCUT2D eigenvalue weighted by atomic mass is 10.0. The van der Waals surface area contributed by atoms with E-state index in [2.05, 4.69) is 55.8 Å². The molecule has 53 heavy (non-hydrogen) atoms. The minimum Gasteiger partial charge on any atom is -0.475 e. The zero-order valence-electron chi connectivity index (χ0n) is 27.2. The van der Waals surface area contributed by atoms with E-state index in [1.54, 1.807) is 30.5 Å². The number of anilines is 5. The van der Waals surface area contributed by atoms with Gasteiger partial charge in [-0.15, -0.1) is 0 Å². The van der Waals surface area contributed by atoms with E-state index in [-0.39, 0.29) is 5.91 Å². The van der Waals surface area contributed by atoms with Crippen LogP contribution in [0.2, 0.25) is 5.02 Å². The normalized spacial score (nSPS) is 13.7. The molecule has 0 unspecified atom stereocenters. The van der Waals surface area contributed by atoms with Gasteiger partial charge in [0.1, 0.15) is 5.02 Å². The van der Waals surface area contributed by atoms with Gasteiger partial charge >= 0.3 is 24.3 Å². The highest BCUT2D eigenvalue weighted by atomic mass is 35.5. The zero-order chi connectivity index (χ0) is 38.9. The van der Waals surface area contributed by atoms with Crippen molar-refractivity contribution in [3.8, 4) is 6.07 Å². The lowest BCUT2D eigenvalue weighted by molar-refractivity contribution is -0.193. The van der Waals surface area contributed by atoms with Gasteiger partial charge in [-0.3, -0.25) is 4.79 Å². The number of nitrogens with zero attached hydrogens (tertiary/aromatic N) is 5. The average Bonchev–Trinajstić information content (AvgIpc) is 3.12. The van der Waals surface area contributed by atoms with Crippen molar-refractivity contribution >= 4 is 58.3 Å². The number of fused-ring (bicyclic) bond motifs is 6. The molecule has 3 aromatic carbocycles. The van der Waals surface area contributed by atoms with E-state index in [0.29, 0.717) is 41.0 Å². The minimum atomic E-state index is -5.08. The van der Waals surface area contributed by atoms with E-state index < -0.39 is 24.3 Å².